The maximum Gasteiger partial charge on any atom is 0.540 e. The number of ether oxygens (including phenoxy) is 1. The molecule has 0 amide bonds. The Balaban J connectivity index is 3.06. The summed E-state index contributed by atoms with van der Waals surface area (Å²) in [5.74, 6) is 1.23. The minimum absolute atomic E-state index is 0.460. The Morgan fingerprint density at radius 2 is 1.56 bits per heavy atom. The van der Waals surface area contributed by atoms with Gasteiger partial charge >= 0.3 is 8.80 Å². The molecule has 0 saturated carbocycles. The Bertz CT molecular complexity index is 355. The summed E-state index contributed by atoms with van der Waals surface area (Å²) >= 11 is 0. The van der Waals surface area contributed by atoms with Gasteiger partial charge in [0.25, 0.3) is 0 Å². The SMILES string of the molecule is CO[Si](OC)(OC)c1ccccc1OCC(C)C. The summed E-state index contributed by atoms with van der Waals surface area (Å²) in [7, 11) is 1.95. The van der Waals surface area contributed by atoms with E-state index in [2.05, 4.69) is 13.8 Å². The van der Waals surface area contributed by atoms with Gasteiger partial charge in [0.05, 0.1) is 11.8 Å². The van der Waals surface area contributed by atoms with Gasteiger partial charge in [-0.3, -0.25) is 0 Å². The van der Waals surface area contributed by atoms with Crippen LogP contribution >= 0.6 is 0 Å². The van der Waals surface area contributed by atoms with Crippen molar-refractivity contribution in [3.8, 4) is 5.75 Å². The first-order valence-corrected chi connectivity index (χ1v) is 7.69. The van der Waals surface area contributed by atoms with Gasteiger partial charge in [0.1, 0.15) is 5.75 Å². The lowest BCUT2D eigenvalue weighted by Gasteiger charge is -2.26. The van der Waals surface area contributed by atoms with E-state index in [4.69, 9.17) is 18.0 Å². The highest BCUT2D eigenvalue weighted by Gasteiger charge is 2.43. The highest BCUT2D eigenvalue weighted by molar-refractivity contribution is 6.76. The van der Waals surface area contributed by atoms with Crippen LogP contribution in [0.1, 0.15) is 13.8 Å². The van der Waals surface area contributed by atoms with Crippen LogP contribution in [0.3, 0.4) is 0 Å². The van der Waals surface area contributed by atoms with Gasteiger partial charge in [-0.2, -0.15) is 0 Å². The lowest BCUT2D eigenvalue weighted by molar-refractivity contribution is 0.139. The summed E-state index contributed by atoms with van der Waals surface area (Å²) in [6.07, 6.45) is 0. The molecular weight excluding hydrogens is 248 g/mol. The molecule has 0 radical (unpaired) electrons. The maximum absolute atomic E-state index is 5.80. The van der Waals surface area contributed by atoms with Gasteiger partial charge < -0.3 is 18.0 Å². The Labute approximate surface area is 110 Å². The van der Waals surface area contributed by atoms with Gasteiger partial charge in [-0.25, -0.2) is 0 Å². The molecule has 0 heterocycles. The molecule has 5 heteroatoms. The van der Waals surface area contributed by atoms with E-state index in [1.165, 1.54) is 0 Å². The van der Waals surface area contributed by atoms with E-state index >= 15 is 0 Å². The second-order valence-electron chi connectivity index (χ2n) is 4.37. The third kappa shape index (κ3) is 3.32. The van der Waals surface area contributed by atoms with Crippen LogP contribution in [-0.4, -0.2) is 36.7 Å². The van der Waals surface area contributed by atoms with E-state index in [1.54, 1.807) is 21.3 Å². The Kier molecular flexibility index (Phi) is 5.81. The molecule has 0 atom stereocenters. The van der Waals surface area contributed by atoms with Crippen molar-refractivity contribution in [2.75, 3.05) is 27.9 Å². The van der Waals surface area contributed by atoms with Gasteiger partial charge in [-0.1, -0.05) is 32.0 Å². The zero-order valence-electron chi connectivity index (χ0n) is 11.7. The first-order chi connectivity index (χ1) is 8.59. The van der Waals surface area contributed by atoms with E-state index in [9.17, 15) is 0 Å². The quantitative estimate of drug-likeness (QED) is 0.708. The Morgan fingerprint density at radius 3 is 2.06 bits per heavy atom. The fraction of sp³-hybridized carbons (Fsp3) is 0.538. The smallest absolute Gasteiger partial charge is 0.493 e. The van der Waals surface area contributed by atoms with E-state index in [0.717, 1.165) is 10.9 Å². The van der Waals surface area contributed by atoms with Crippen molar-refractivity contribution in [2.24, 2.45) is 5.92 Å². The fourth-order valence-corrected chi connectivity index (χ4v) is 3.60. The molecular formula is C13H22O4Si. The van der Waals surface area contributed by atoms with Crippen LogP contribution in [0.15, 0.2) is 24.3 Å². The number of para-hydroxylation sites is 1. The van der Waals surface area contributed by atoms with Gasteiger partial charge in [-0.15, -0.1) is 0 Å². The van der Waals surface area contributed by atoms with Crippen molar-refractivity contribution in [1.82, 2.24) is 0 Å². The third-order valence-electron chi connectivity index (χ3n) is 2.60. The predicted octanol–water partition coefficient (Wildman–Crippen LogP) is 1.81. The van der Waals surface area contributed by atoms with Gasteiger partial charge in [0.15, 0.2) is 0 Å². The average molecular weight is 270 g/mol. The normalized spacial score (nSPS) is 11.9. The van der Waals surface area contributed by atoms with Crippen LogP contribution in [0.25, 0.3) is 0 Å². The van der Waals surface area contributed by atoms with E-state index in [-0.39, 0.29) is 0 Å². The zero-order valence-corrected chi connectivity index (χ0v) is 12.7. The average Bonchev–Trinajstić information content (AvgIpc) is 2.40. The van der Waals surface area contributed by atoms with Crippen molar-refractivity contribution in [2.45, 2.75) is 13.8 Å². The summed E-state index contributed by atoms with van der Waals surface area (Å²) in [6, 6.07) is 7.70. The molecule has 1 rings (SSSR count). The summed E-state index contributed by atoms with van der Waals surface area (Å²) in [5.41, 5.74) is 0. The molecule has 0 N–H and O–H groups in total. The number of hydrogen-bond donors (Lipinski definition) is 0. The number of hydrogen-bond acceptors (Lipinski definition) is 4. The molecule has 0 spiro atoms. The van der Waals surface area contributed by atoms with Crippen molar-refractivity contribution < 1.29 is 18.0 Å². The van der Waals surface area contributed by atoms with Crippen LogP contribution in [0.4, 0.5) is 0 Å². The van der Waals surface area contributed by atoms with E-state index in [0.29, 0.717) is 12.5 Å². The molecule has 18 heavy (non-hydrogen) atoms. The monoisotopic (exact) mass is 270 g/mol. The summed E-state index contributed by atoms with van der Waals surface area (Å²) in [5, 5.41) is 0.859. The molecule has 0 aliphatic heterocycles. The van der Waals surface area contributed by atoms with Gasteiger partial charge in [-0.05, 0) is 12.0 Å². The van der Waals surface area contributed by atoms with Crippen LogP contribution in [0.5, 0.6) is 5.75 Å². The molecule has 1 aromatic carbocycles. The van der Waals surface area contributed by atoms with Gasteiger partial charge in [0, 0.05) is 21.3 Å². The topological polar surface area (TPSA) is 36.9 Å². The molecule has 0 bridgehead atoms. The molecule has 0 aromatic heterocycles. The molecule has 0 unspecified atom stereocenters. The largest absolute Gasteiger partial charge is 0.540 e. The lowest BCUT2D eigenvalue weighted by Crippen LogP contribution is -2.55. The summed E-state index contributed by atoms with van der Waals surface area (Å²) < 4.78 is 22.3. The van der Waals surface area contributed by atoms with Crippen molar-refractivity contribution >= 4 is 14.0 Å². The van der Waals surface area contributed by atoms with Gasteiger partial charge in [0.2, 0.25) is 0 Å². The second kappa shape index (κ2) is 6.89. The first-order valence-electron chi connectivity index (χ1n) is 5.97. The standard InChI is InChI=1S/C13H22O4Si/c1-11(2)10-17-12-8-6-7-9-13(12)18(14-3,15-4)16-5/h6-9,11H,10H2,1-5H3. The van der Waals surface area contributed by atoms with Crippen LogP contribution in [-0.2, 0) is 13.3 Å². The Morgan fingerprint density at radius 1 is 1.00 bits per heavy atom. The summed E-state index contributed by atoms with van der Waals surface area (Å²) in [6.45, 7) is 4.87. The molecule has 4 nitrogen and oxygen atoms in total. The van der Waals surface area contributed by atoms with Crippen LogP contribution in [0.2, 0.25) is 0 Å². The fourth-order valence-electron chi connectivity index (χ4n) is 1.68. The first kappa shape index (κ1) is 15.2. The summed E-state index contributed by atoms with van der Waals surface area (Å²) in [4.78, 5) is 0. The molecule has 1 aromatic rings. The van der Waals surface area contributed by atoms with E-state index < -0.39 is 8.80 Å². The van der Waals surface area contributed by atoms with Crippen molar-refractivity contribution in [3.63, 3.8) is 0 Å². The number of rotatable bonds is 7. The molecule has 0 aliphatic rings. The minimum atomic E-state index is -2.84. The Hall–Kier alpha value is -0.883. The van der Waals surface area contributed by atoms with Crippen LogP contribution < -0.4 is 9.92 Å². The highest BCUT2D eigenvalue weighted by atomic mass is 28.4. The third-order valence-corrected chi connectivity index (χ3v) is 5.28. The van der Waals surface area contributed by atoms with Crippen LogP contribution in [0, 0.1) is 5.92 Å². The minimum Gasteiger partial charge on any atom is -0.493 e. The van der Waals surface area contributed by atoms with Crippen molar-refractivity contribution in [3.05, 3.63) is 24.3 Å². The van der Waals surface area contributed by atoms with E-state index in [1.807, 2.05) is 24.3 Å². The molecule has 0 saturated heterocycles. The maximum atomic E-state index is 5.80. The molecule has 0 aliphatic carbocycles. The number of benzene rings is 1. The van der Waals surface area contributed by atoms with Crippen molar-refractivity contribution in [1.29, 1.82) is 0 Å². The second-order valence-corrected chi connectivity index (χ2v) is 7.25. The highest BCUT2D eigenvalue weighted by Crippen LogP contribution is 2.16. The predicted molar refractivity (Wildman–Crippen MR) is 73.2 cm³/mol. The lowest BCUT2D eigenvalue weighted by atomic mass is 10.2. The molecule has 0 fully saturated rings. The zero-order chi connectivity index (χ0) is 13.6. The molecule has 102 valence electrons.